The molecule has 0 saturated carbocycles. The van der Waals surface area contributed by atoms with Crippen molar-refractivity contribution in [3.63, 3.8) is 0 Å². The van der Waals surface area contributed by atoms with E-state index >= 15 is 0 Å². The van der Waals surface area contributed by atoms with E-state index in [-0.39, 0.29) is 23.3 Å². The fraction of sp³-hybridized carbons (Fsp3) is 0.368. The summed E-state index contributed by atoms with van der Waals surface area (Å²) >= 11 is 0. The van der Waals surface area contributed by atoms with E-state index in [0.29, 0.717) is 5.75 Å². The van der Waals surface area contributed by atoms with E-state index in [9.17, 15) is 8.42 Å². The van der Waals surface area contributed by atoms with Gasteiger partial charge in [0.25, 0.3) is 0 Å². The number of ether oxygens (including phenoxy) is 1. The Balaban J connectivity index is 0.00000243. The van der Waals surface area contributed by atoms with Gasteiger partial charge in [0.05, 0.1) is 12.0 Å². The van der Waals surface area contributed by atoms with Gasteiger partial charge < -0.3 is 4.74 Å². The highest BCUT2D eigenvalue weighted by atomic mass is 35.5. The molecule has 1 saturated heterocycles. The third kappa shape index (κ3) is 5.45. The van der Waals surface area contributed by atoms with Crippen LogP contribution in [0.15, 0.2) is 59.5 Å². The van der Waals surface area contributed by atoms with Crippen LogP contribution in [0.2, 0.25) is 0 Å². The first-order valence-corrected chi connectivity index (χ1v) is 9.98. The highest BCUT2D eigenvalue weighted by molar-refractivity contribution is 7.89. The Kier molecular flexibility index (Phi) is 7.46. The predicted octanol–water partition coefficient (Wildman–Crippen LogP) is 3.06. The first-order valence-electron chi connectivity index (χ1n) is 8.49. The normalized spacial score (nSPS) is 16.0. The first-order chi connectivity index (χ1) is 12.1. The number of methoxy groups -OCH3 is 1. The Bertz CT molecular complexity index is 774. The molecule has 3 rings (SSSR count). The van der Waals surface area contributed by atoms with Gasteiger partial charge in [-0.25, -0.2) is 13.1 Å². The van der Waals surface area contributed by atoms with Crippen LogP contribution in [0.1, 0.15) is 18.4 Å². The number of benzene rings is 2. The zero-order valence-electron chi connectivity index (χ0n) is 14.8. The van der Waals surface area contributed by atoms with Crippen LogP contribution in [-0.4, -0.2) is 39.6 Å². The maximum absolute atomic E-state index is 12.5. The van der Waals surface area contributed by atoms with Gasteiger partial charge >= 0.3 is 0 Å². The molecule has 26 heavy (non-hydrogen) atoms. The number of nitrogens with zero attached hydrogens (tertiary/aromatic N) is 1. The Morgan fingerprint density at radius 2 is 1.65 bits per heavy atom. The van der Waals surface area contributed by atoms with Crippen molar-refractivity contribution in [2.45, 2.75) is 30.3 Å². The zero-order valence-corrected chi connectivity index (χ0v) is 16.4. The van der Waals surface area contributed by atoms with Gasteiger partial charge in [-0.3, -0.25) is 4.90 Å². The summed E-state index contributed by atoms with van der Waals surface area (Å²) in [7, 11) is -1.92. The SMILES string of the molecule is COc1ccc(S(=O)(=O)NC2CCN(Cc3ccccc3)CC2)cc1.Cl. The fourth-order valence-electron chi connectivity index (χ4n) is 3.09. The molecule has 0 bridgehead atoms. The summed E-state index contributed by atoms with van der Waals surface area (Å²) in [6.45, 7) is 2.70. The second-order valence-corrected chi connectivity index (χ2v) is 8.05. The summed E-state index contributed by atoms with van der Waals surface area (Å²) in [5.41, 5.74) is 1.29. The van der Waals surface area contributed by atoms with Crippen molar-refractivity contribution in [2.24, 2.45) is 0 Å². The molecule has 7 heteroatoms. The van der Waals surface area contributed by atoms with E-state index < -0.39 is 10.0 Å². The lowest BCUT2D eigenvalue weighted by Gasteiger charge is -2.32. The van der Waals surface area contributed by atoms with Crippen molar-refractivity contribution in [1.29, 1.82) is 0 Å². The minimum atomic E-state index is -3.49. The molecule has 1 heterocycles. The van der Waals surface area contributed by atoms with Crippen LogP contribution in [0, 0.1) is 0 Å². The molecule has 1 N–H and O–H groups in total. The molecule has 0 aromatic heterocycles. The number of piperidine rings is 1. The van der Waals surface area contributed by atoms with Crippen LogP contribution in [0.5, 0.6) is 5.75 Å². The number of likely N-dealkylation sites (tertiary alicyclic amines) is 1. The fourth-order valence-corrected chi connectivity index (χ4v) is 4.40. The Morgan fingerprint density at radius 3 is 2.23 bits per heavy atom. The van der Waals surface area contributed by atoms with Crippen LogP contribution in [0.3, 0.4) is 0 Å². The molecule has 0 atom stereocenters. The van der Waals surface area contributed by atoms with Gasteiger partial charge in [-0.05, 0) is 42.7 Å². The summed E-state index contributed by atoms with van der Waals surface area (Å²) in [5, 5.41) is 0. The van der Waals surface area contributed by atoms with Crippen molar-refractivity contribution in [2.75, 3.05) is 20.2 Å². The van der Waals surface area contributed by atoms with Crippen LogP contribution in [0.4, 0.5) is 0 Å². The molecule has 0 radical (unpaired) electrons. The van der Waals surface area contributed by atoms with E-state index in [1.165, 1.54) is 5.56 Å². The van der Waals surface area contributed by atoms with Crippen LogP contribution in [0.25, 0.3) is 0 Å². The summed E-state index contributed by atoms with van der Waals surface area (Å²) in [6, 6.07) is 16.8. The lowest BCUT2D eigenvalue weighted by atomic mass is 10.1. The number of hydrogen-bond acceptors (Lipinski definition) is 4. The number of hydrogen-bond donors (Lipinski definition) is 1. The quantitative estimate of drug-likeness (QED) is 0.815. The second-order valence-electron chi connectivity index (χ2n) is 6.33. The highest BCUT2D eigenvalue weighted by Crippen LogP contribution is 2.19. The van der Waals surface area contributed by atoms with Crippen molar-refractivity contribution in [3.05, 3.63) is 60.2 Å². The molecule has 1 aliphatic rings. The van der Waals surface area contributed by atoms with Gasteiger partial charge in [0.15, 0.2) is 0 Å². The third-order valence-electron chi connectivity index (χ3n) is 4.53. The largest absolute Gasteiger partial charge is 0.497 e. The first kappa shape index (κ1) is 20.7. The average molecular weight is 397 g/mol. The minimum Gasteiger partial charge on any atom is -0.497 e. The topological polar surface area (TPSA) is 58.6 Å². The third-order valence-corrected chi connectivity index (χ3v) is 6.06. The van der Waals surface area contributed by atoms with Crippen molar-refractivity contribution in [1.82, 2.24) is 9.62 Å². The molecule has 0 unspecified atom stereocenters. The van der Waals surface area contributed by atoms with Gasteiger partial charge in [-0.2, -0.15) is 0 Å². The molecular formula is C19H25ClN2O3S. The second kappa shape index (κ2) is 9.37. The molecule has 2 aromatic rings. The lowest BCUT2D eigenvalue weighted by Crippen LogP contribution is -2.44. The smallest absolute Gasteiger partial charge is 0.240 e. The maximum Gasteiger partial charge on any atom is 0.240 e. The summed E-state index contributed by atoms with van der Waals surface area (Å²) in [5.74, 6) is 0.646. The minimum absolute atomic E-state index is 0. The standard InChI is InChI=1S/C19H24N2O3S.ClH/c1-24-18-7-9-19(10-8-18)25(22,23)20-17-11-13-21(14-12-17)15-16-5-3-2-4-6-16;/h2-10,17,20H,11-15H2,1H3;1H. The van der Waals surface area contributed by atoms with E-state index in [1.54, 1.807) is 31.4 Å². The molecule has 5 nitrogen and oxygen atoms in total. The number of sulfonamides is 1. The predicted molar refractivity (Wildman–Crippen MR) is 105 cm³/mol. The van der Waals surface area contributed by atoms with Gasteiger partial charge in [-0.15, -0.1) is 12.4 Å². The number of nitrogens with one attached hydrogen (secondary N) is 1. The molecule has 0 spiro atoms. The molecule has 142 valence electrons. The van der Waals surface area contributed by atoms with Gasteiger partial charge in [0.2, 0.25) is 10.0 Å². The highest BCUT2D eigenvalue weighted by Gasteiger charge is 2.24. The van der Waals surface area contributed by atoms with Gasteiger partial charge in [0.1, 0.15) is 5.75 Å². The van der Waals surface area contributed by atoms with Crippen molar-refractivity contribution in [3.8, 4) is 5.75 Å². The summed E-state index contributed by atoms with van der Waals surface area (Å²) in [6.07, 6.45) is 1.64. The van der Waals surface area contributed by atoms with Gasteiger partial charge in [0, 0.05) is 25.7 Å². The maximum atomic E-state index is 12.5. The van der Waals surface area contributed by atoms with Crippen LogP contribution >= 0.6 is 12.4 Å². The molecule has 0 amide bonds. The molecule has 1 fully saturated rings. The van der Waals surface area contributed by atoms with Crippen LogP contribution < -0.4 is 9.46 Å². The van der Waals surface area contributed by atoms with Crippen molar-refractivity contribution < 1.29 is 13.2 Å². The molecular weight excluding hydrogens is 372 g/mol. The van der Waals surface area contributed by atoms with Gasteiger partial charge in [-0.1, -0.05) is 30.3 Å². The number of rotatable bonds is 6. The number of halogens is 1. The Hall–Kier alpha value is -1.60. The summed E-state index contributed by atoms with van der Waals surface area (Å²) in [4.78, 5) is 2.65. The van der Waals surface area contributed by atoms with Crippen LogP contribution in [-0.2, 0) is 16.6 Å². The monoisotopic (exact) mass is 396 g/mol. The van der Waals surface area contributed by atoms with E-state index in [1.807, 2.05) is 18.2 Å². The Labute approximate surface area is 161 Å². The average Bonchev–Trinajstić information content (AvgIpc) is 2.64. The van der Waals surface area contributed by atoms with Crippen molar-refractivity contribution >= 4 is 22.4 Å². The summed E-state index contributed by atoms with van der Waals surface area (Å²) < 4.78 is 32.9. The molecule has 1 aliphatic heterocycles. The zero-order chi connectivity index (χ0) is 17.7. The molecule has 2 aromatic carbocycles. The van der Waals surface area contributed by atoms with E-state index in [0.717, 1.165) is 32.5 Å². The van der Waals surface area contributed by atoms with E-state index in [2.05, 4.69) is 21.8 Å². The molecule has 0 aliphatic carbocycles. The van der Waals surface area contributed by atoms with E-state index in [4.69, 9.17) is 4.74 Å². The Morgan fingerprint density at radius 1 is 1.04 bits per heavy atom. The lowest BCUT2D eigenvalue weighted by molar-refractivity contribution is 0.200.